The van der Waals surface area contributed by atoms with E-state index in [1.807, 2.05) is 30.3 Å². The van der Waals surface area contributed by atoms with Gasteiger partial charge in [0.25, 0.3) is 0 Å². The molecular weight excluding hydrogens is 388 g/mol. The highest BCUT2D eigenvalue weighted by Crippen LogP contribution is 2.25. The maximum absolute atomic E-state index is 12.1. The number of rotatable bonds is 7. The van der Waals surface area contributed by atoms with Crippen molar-refractivity contribution in [3.05, 3.63) is 84.4 Å². The van der Waals surface area contributed by atoms with E-state index in [4.69, 9.17) is 9.47 Å². The van der Waals surface area contributed by atoms with E-state index in [1.54, 1.807) is 7.11 Å². The van der Waals surface area contributed by atoms with Gasteiger partial charge < -0.3 is 20.1 Å². The standard InChI is InChI=1S/C26H28N2O3/c1-30-23-13-11-22(12-14-23)28-26(29)27-18-25-16-15-24(31-25)17-19-7-9-21(10-8-19)20-5-3-2-4-6-20/h2-14,24-25H,15-18H2,1H3,(H2,27,28,29)/t24-,25-/m0/s1. The van der Waals surface area contributed by atoms with E-state index in [2.05, 4.69) is 59.2 Å². The number of urea groups is 1. The molecule has 0 saturated carbocycles. The third-order valence-corrected chi connectivity index (χ3v) is 5.56. The van der Waals surface area contributed by atoms with E-state index in [0.717, 1.165) is 30.7 Å². The normalized spacial score (nSPS) is 17.8. The summed E-state index contributed by atoms with van der Waals surface area (Å²) in [7, 11) is 1.61. The van der Waals surface area contributed by atoms with Gasteiger partial charge >= 0.3 is 6.03 Å². The first kappa shape index (κ1) is 20.9. The lowest BCUT2D eigenvalue weighted by Crippen LogP contribution is -2.35. The summed E-state index contributed by atoms with van der Waals surface area (Å²) in [6.07, 6.45) is 3.10. The Morgan fingerprint density at radius 2 is 1.58 bits per heavy atom. The van der Waals surface area contributed by atoms with E-state index in [0.29, 0.717) is 6.54 Å². The Balaban J connectivity index is 1.21. The van der Waals surface area contributed by atoms with Crippen LogP contribution < -0.4 is 15.4 Å². The van der Waals surface area contributed by atoms with Crippen LogP contribution in [0.15, 0.2) is 78.9 Å². The largest absolute Gasteiger partial charge is 0.497 e. The molecule has 0 aliphatic carbocycles. The molecule has 1 heterocycles. The van der Waals surface area contributed by atoms with Crippen LogP contribution in [-0.4, -0.2) is 31.9 Å². The second-order valence-corrected chi connectivity index (χ2v) is 7.79. The Labute approximate surface area is 183 Å². The topological polar surface area (TPSA) is 59.6 Å². The van der Waals surface area contributed by atoms with Crippen molar-refractivity contribution in [2.45, 2.75) is 31.5 Å². The van der Waals surface area contributed by atoms with Gasteiger partial charge in [0.1, 0.15) is 5.75 Å². The van der Waals surface area contributed by atoms with Crippen LogP contribution >= 0.6 is 0 Å². The summed E-state index contributed by atoms with van der Waals surface area (Å²) in [6, 6.07) is 26.1. The fourth-order valence-electron chi connectivity index (χ4n) is 3.86. The molecule has 4 rings (SSSR count). The van der Waals surface area contributed by atoms with Gasteiger partial charge in [-0.2, -0.15) is 0 Å². The fourth-order valence-corrected chi connectivity index (χ4v) is 3.86. The quantitative estimate of drug-likeness (QED) is 0.551. The maximum atomic E-state index is 12.1. The molecule has 2 N–H and O–H groups in total. The first-order chi connectivity index (χ1) is 15.2. The van der Waals surface area contributed by atoms with Crippen molar-refractivity contribution in [1.29, 1.82) is 0 Å². The fraction of sp³-hybridized carbons (Fsp3) is 0.269. The molecular formula is C26H28N2O3. The predicted molar refractivity (Wildman–Crippen MR) is 123 cm³/mol. The second-order valence-electron chi connectivity index (χ2n) is 7.79. The van der Waals surface area contributed by atoms with Gasteiger partial charge in [-0.1, -0.05) is 54.6 Å². The number of anilines is 1. The number of hydrogen-bond donors (Lipinski definition) is 2. The molecule has 160 valence electrons. The number of hydrogen-bond acceptors (Lipinski definition) is 3. The highest BCUT2D eigenvalue weighted by atomic mass is 16.5. The average molecular weight is 417 g/mol. The lowest BCUT2D eigenvalue weighted by Gasteiger charge is -2.15. The van der Waals surface area contributed by atoms with Crippen LogP contribution in [0.3, 0.4) is 0 Å². The highest BCUT2D eigenvalue weighted by molar-refractivity contribution is 5.89. The van der Waals surface area contributed by atoms with Crippen molar-refractivity contribution >= 4 is 11.7 Å². The van der Waals surface area contributed by atoms with Gasteiger partial charge in [-0.3, -0.25) is 0 Å². The van der Waals surface area contributed by atoms with Crippen LogP contribution in [0.2, 0.25) is 0 Å². The van der Waals surface area contributed by atoms with E-state index in [9.17, 15) is 4.79 Å². The van der Waals surface area contributed by atoms with Crippen LogP contribution in [0.25, 0.3) is 11.1 Å². The van der Waals surface area contributed by atoms with E-state index >= 15 is 0 Å². The number of nitrogens with one attached hydrogen (secondary N) is 2. The summed E-state index contributed by atoms with van der Waals surface area (Å²) >= 11 is 0. The highest BCUT2D eigenvalue weighted by Gasteiger charge is 2.25. The first-order valence-corrected chi connectivity index (χ1v) is 10.7. The van der Waals surface area contributed by atoms with Crippen LogP contribution in [0.4, 0.5) is 10.5 Å². The van der Waals surface area contributed by atoms with Gasteiger partial charge in [0.05, 0.1) is 19.3 Å². The molecule has 0 unspecified atom stereocenters. The first-order valence-electron chi connectivity index (χ1n) is 10.7. The summed E-state index contributed by atoms with van der Waals surface area (Å²) in [6.45, 7) is 0.505. The molecule has 5 nitrogen and oxygen atoms in total. The molecule has 3 aromatic carbocycles. The molecule has 1 saturated heterocycles. The number of ether oxygens (including phenoxy) is 2. The molecule has 0 radical (unpaired) electrons. The van der Waals surface area contributed by atoms with Gasteiger partial charge in [0.15, 0.2) is 0 Å². The van der Waals surface area contributed by atoms with Crippen molar-refractivity contribution in [3.8, 4) is 16.9 Å². The Kier molecular flexibility index (Phi) is 6.85. The summed E-state index contributed by atoms with van der Waals surface area (Å²) in [5, 5.41) is 5.73. The zero-order chi connectivity index (χ0) is 21.5. The van der Waals surface area contributed by atoms with Crippen molar-refractivity contribution in [2.24, 2.45) is 0 Å². The zero-order valence-electron chi connectivity index (χ0n) is 17.7. The molecule has 2 atom stereocenters. The smallest absolute Gasteiger partial charge is 0.319 e. The van der Waals surface area contributed by atoms with Gasteiger partial charge in [0, 0.05) is 12.2 Å². The minimum atomic E-state index is -0.228. The summed E-state index contributed by atoms with van der Waals surface area (Å²) in [4.78, 5) is 12.1. The number of methoxy groups -OCH3 is 1. The van der Waals surface area contributed by atoms with Crippen LogP contribution in [-0.2, 0) is 11.2 Å². The van der Waals surface area contributed by atoms with Crippen LogP contribution in [0.5, 0.6) is 5.75 Å². The molecule has 1 aliphatic heterocycles. The molecule has 31 heavy (non-hydrogen) atoms. The van der Waals surface area contributed by atoms with E-state index < -0.39 is 0 Å². The average Bonchev–Trinajstić information content (AvgIpc) is 3.26. The monoisotopic (exact) mass is 416 g/mol. The molecule has 0 spiro atoms. The maximum Gasteiger partial charge on any atom is 0.319 e. The third kappa shape index (κ3) is 5.86. The minimum absolute atomic E-state index is 0.0511. The van der Waals surface area contributed by atoms with E-state index in [-0.39, 0.29) is 18.2 Å². The SMILES string of the molecule is COc1ccc(NC(=O)NC[C@@H]2CC[C@@H](Cc3ccc(-c4ccccc4)cc3)O2)cc1. The Bertz CT molecular complexity index is 972. The van der Waals surface area contributed by atoms with Gasteiger partial charge in [0.2, 0.25) is 0 Å². The molecule has 1 aliphatic rings. The van der Waals surface area contributed by atoms with Gasteiger partial charge in [-0.15, -0.1) is 0 Å². The van der Waals surface area contributed by atoms with Crippen molar-refractivity contribution in [1.82, 2.24) is 5.32 Å². The van der Waals surface area contributed by atoms with Crippen molar-refractivity contribution in [3.63, 3.8) is 0 Å². The number of carbonyl (C=O) groups is 1. The minimum Gasteiger partial charge on any atom is -0.497 e. The zero-order valence-corrected chi connectivity index (χ0v) is 17.7. The lowest BCUT2D eigenvalue weighted by molar-refractivity contribution is 0.0474. The Morgan fingerprint density at radius 1 is 0.903 bits per heavy atom. The summed E-state index contributed by atoms with van der Waals surface area (Å²) < 4.78 is 11.3. The molecule has 5 heteroatoms. The molecule has 3 aromatic rings. The summed E-state index contributed by atoms with van der Waals surface area (Å²) in [5.41, 5.74) is 4.45. The molecule has 0 aromatic heterocycles. The van der Waals surface area contributed by atoms with Gasteiger partial charge in [-0.25, -0.2) is 4.79 Å². The Hall–Kier alpha value is -3.31. The number of carbonyl (C=O) groups excluding carboxylic acids is 1. The predicted octanol–water partition coefficient (Wildman–Crippen LogP) is 5.27. The van der Waals surface area contributed by atoms with Gasteiger partial charge in [-0.05, 0) is 60.2 Å². The Morgan fingerprint density at radius 3 is 2.29 bits per heavy atom. The van der Waals surface area contributed by atoms with Crippen LogP contribution in [0.1, 0.15) is 18.4 Å². The van der Waals surface area contributed by atoms with Crippen molar-refractivity contribution < 1.29 is 14.3 Å². The third-order valence-electron chi connectivity index (χ3n) is 5.56. The molecule has 2 amide bonds. The molecule has 1 fully saturated rings. The number of benzene rings is 3. The van der Waals surface area contributed by atoms with E-state index in [1.165, 1.54) is 16.7 Å². The lowest BCUT2D eigenvalue weighted by atomic mass is 10.0. The number of amides is 2. The van der Waals surface area contributed by atoms with Crippen molar-refractivity contribution in [2.75, 3.05) is 19.0 Å². The molecule has 0 bridgehead atoms. The second kappa shape index (κ2) is 10.1. The summed E-state index contributed by atoms with van der Waals surface area (Å²) in [5.74, 6) is 0.756. The van der Waals surface area contributed by atoms with Crippen LogP contribution in [0, 0.1) is 0 Å².